The number of likely N-dealkylation sites (N-methyl/N-ethyl adjacent to an activating group) is 1. The van der Waals surface area contributed by atoms with E-state index in [0.717, 1.165) is 25.9 Å². The highest BCUT2D eigenvalue weighted by Crippen LogP contribution is 2.29. The van der Waals surface area contributed by atoms with Crippen LogP contribution in [0.4, 0.5) is 0 Å². The molecule has 2 heterocycles. The van der Waals surface area contributed by atoms with Gasteiger partial charge < -0.3 is 19.9 Å². The molecule has 1 aromatic rings. The van der Waals surface area contributed by atoms with E-state index in [1.54, 1.807) is 11.0 Å². The van der Waals surface area contributed by atoms with E-state index in [9.17, 15) is 9.59 Å². The number of likely N-dealkylation sites (tertiary alicyclic amines) is 1. The second-order valence-corrected chi connectivity index (χ2v) is 7.67. The molecule has 0 spiro atoms. The number of halogens is 1. The van der Waals surface area contributed by atoms with Gasteiger partial charge in [-0.25, -0.2) is 0 Å². The summed E-state index contributed by atoms with van der Waals surface area (Å²) in [6.45, 7) is 2.71. The van der Waals surface area contributed by atoms with Crippen LogP contribution in [-0.4, -0.2) is 68.1 Å². The lowest BCUT2D eigenvalue weighted by Gasteiger charge is -2.36. The topological polar surface area (TPSA) is 61.9 Å². The third-order valence-corrected chi connectivity index (χ3v) is 5.59. The quantitative estimate of drug-likeness (QED) is 0.864. The van der Waals surface area contributed by atoms with Crippen molar-refractivity contribution in [1.29, 1.82) is 0 Å². The number of morpholine rings is 1. The van der Waals surface area contributed by atoms with Crippen LogP contribution in [0.15, 0.2) is 24.3 Å². The number of hydrogen-bond acceptors (Lipinski definition) is 4. The SMILES string of the molecule is CN1CCC(CN(C)C(=O)[C@H]2OCC(=O)N[C@@H]2c2ccccc2Cl)CC1. The lowest BCUT2D eigenvalue weighted by molar-refractivity contribution is -0.154. The molecule has 2 aliphatic rings. The Kier molecular flexibility index (Phi) is 6.16. The van der Waals surface area contributed by atoms with Crippen LogP contribution in [0.25, 0.3) is 0 Å². The number of carbonyl (C=O) groups excluding carboxylic acids is 2. The Morgan fingerprint density at radius 2 is 2.04 bits per heavy atom. The summed E-state index contributed by atoms with van der Waals surface area (Å²) in [5.41, 5.74) is 0.702. The minimum Gasteiger partial charge on any atom is -0.356 e. The van der Waals surface area contributed by atoms with Crippen molar-refractivity contribution in [3.8, 4) is 0 Å². The first kappa shape index (κ1) is 19.1. The Morgan fingerprint density at radius 3 is 2.73 bits per heavy atom. The molecule has 3 rings (SSSR count). The van der Waals surface area contributed by atoms with E-state index in [1.807, 2.05) is 25.2 Å². The van der Waals surface area contributed by atoms with Gasteiger partial charge in [-0.2, -0.15) is 0 Å². The monoisotopic (exact) mass is 379 g/mol. The van der Waals surface area contributed by atoms with Gasteiger partial charge in [-0.3, -0.25) is 9.59 Å². The highest BCUT2D eigenvalue weighted by Gasteiger charge is 2.38. The van der Waals surface area contributed by atoms with Crippen LogP contribution in [0.1, 0.15) is 24.4 Å². The van der Waals surface area contributed by atoms with Gasteiger partial charge in [0.1, 0.15) is 6.61 Å². The van der Waals surface area contributed by atoms with Crippen LogP contribution in [0.5, 0.6) is 0 Å². The fourth-order valence-electron chi connectivity index (χ4n) is 3.67. The number of rotatable bonds is 4. The van der Waals surface area contributed by atoms with Crippen molar-refractivity contribution in [3.63, 3.8) is 0 Å². The van der Waals surface area contributed by atoms with Crippen LogP contribution in [-0.2, 0) is 14.3 Å². The number of piperidine rings is 1. The molecule has 1 N–H and O–H groups in total. The van der Waals surface area contributed by atoms with Gasteiger partial charge in [0.15, 0.2) is 6.10 Å². The molecule has 2 amide bonds. The molecule has 2 aliphatic heterocycles. The minimum absolute atomic E-state index is 0.112. The Balaban J connectivity index is 1.71. The molecule has 2 fully saturated rings. The second kappa shape index (κ2) is 8.37. The summed E-state index contributed by atoms with van der Waals surface area (Å²) in [6, 6.07) is 6.66. The van der Waals surface area contributed by atoms with E-state index < -0.39 is 12.1 Å². The zero-order valence-corrected chi connectivity index (χ0v) is 16.0. The van der Waals surface area contributed by atoms with Crippen LogP contribution >= 0.6 is 11.6 Å². The molecule has 0 bridgehead atoms. The number of nitrogens with zero attached hydrogens (tertiary/aromatic N) is 2. The summed E-state index contributed by atoms with van der Waals surface area (Å²) >= 11 is 6.29. The number of ether oxygens (including phenoxy) is 1. The summed E-state index contributed by atoms with van der Waals surface area (Å²) in [5, 5.41) is 3.38. The standard InChI is InChI=1S/C19H26ClN3O3/c1-22-9-7-13(8-10-22)11-23(2)19(25)18-17(21-16(24)12-26-18)14-5-3-4-6-15(14)20/h3-6,13,17-18H,7-12H2,1-2H3,(H,21,24)/t17-,18+/m1/s1. The number of carbonyl (C=O) groups is 2. The van der Waals surface area contributed by atoms with E-state index in [2.05, 4.69) is 17.3 Å². The molecular weight excluding hydrogens is 354 g/mol. The average molecular weight is 380 g/mol. The van der Waals surface area contributed by atoms with Crippen molar-refractivity contribution in [1.82, 2.24) is 15.1 Å². The normalized spacial score (nSPS) is 25.0. The predicted octanol–water partition coefficient (Wildman–Crippen LogP) is 1.70. The Morgan fingerprint density at radius 1 is 1.35 bits per heavy atom. The molecule has 2 saturated heterocycles. The van der Waals surface area contributed by atoms with E-state index in [1.165, 1.54) is 0 Å². The van der Waals surface area contributed by atoms with Gasteiger partial charge >= 0.3 is 0 Å². The molecule has 7 heteroatoms. The summed E-state index contributed by atoms with van der Waals surface area (Å²) in [7, 11) is 3.93. The number of hydrogen-bond donors (Lipinski definition) is 1. The molecule has 0 radical (unpaired) electrons. The highest BCUT2D eigenvalue weighted by atomic mass is 35.5. The average Bonchev–Trinajstić information content (AvgIpc) is 2.63. The molecule has 0 aromatic heterocycles. The Hall–Kier alpha value is -1.63. The minimum atomic E-state index is -0.760. The summed E-state index contributed by atoms with van der Waals surface area (Å²) in [6.07, 6.45) is 1.41. The molecule has 142 valence electrons. The molecule has 1 aromatic carbocycles. The maximum Gasteiger partial charge on any atom is 0.253 e. The Labute approximate surface area is 159 Å². The van der Waals surface area contributed by atoms with Gasteiger partial charge in [-0.15, -0.1) is 0 Å². The fraction of sp³-hybridized carbons (Fsp3) is 0.579. The van der Waals surface area contributed by atoms with Crippen LogP contribution in [0.3, 0.4) is 0 Å². The van der Waals surface area contributed by atoms with Gasteiger partial charge in [0.2, 0.25) is 5.91 Å². The Bertz CT molecular complexity index is 661. The largest absolute Gasteiger partial charge is 0.356 e. The molecule has 0 unspecified atom stereocenters. The summed E-state index contributed by atoms with van der Waals surface area (Å²) in [5.74, 6) is 0.142. The van der Waals surface area contributed by atoms with Crippen LogP contribution in [0.2, 0.25) is 5.02 Å². The summed E-state index contributed by atoms with van der Waals surface area (Å²) in [4.78, 5) is 28.9. The second-order valence-electron chi connectivity index (χ2n) is 7.26. The van der Waals surface area contributed by atoms with Gasteiger partial charge in [0, 0.05) is 18.6 Å². The molecular formula is C19H26ClN3O3. The van der Waals surface area contributed by atoms with Gasteiger partial charge in [-0.1, -0.05) is 29.8 Å². The van der Waals surface area contributed by atoms with E-state index >= 15 is 0 Å². The molecule has 6 nitrogen and oxygen atoms in total. The van der Waals surface area contributed by atoms with Gasteiger partial charge in [0.05, 0.1) is 6.04 Å². The lowest BCUT2D eigenvalue weighted by atomic mass is 9.95. The van der Waals surface area contributed by atoms with Gasteiger partial charge in [-0.05, 0) is 50.5 Å². The lowest BCUT2D eigenvalue weighted by Crippen LogP contribution is -2.53. The number of nitrogens with one attached hydrogen (secondary N) is 1. The first-order chi connectivity index (χ1) is 12.5. The molecule has 2 atom stereocenters. The van der Waals surface area contributed by atoms with Crippen LogP contribution < -0.4 is 5.32 Å². The summed E-state index contributed by atoms with van der Waals surface area (Å²) < 4.78 is 5.63. The third-order valence-electron chi connectivity index (χ3n) is 5.24. The maximum absolute atomic E-state index is 13.0. The highest BCUT2D eigenvalue weighted by molar-refractivity contribution is 6.31. The molecule has 0 aliphatic carbocycles. The van der Waals surface area contributed by atoms with E-state index in [-0.39, 0.29) is 18.4 Å². The van der Waals surface area contributed by atoms with Crippen molar-refractivity contribution >= 4 is 23.4 Å². The van der Waals surface area contributed by atoms with Crippen molar-refractivity contribution in [3.05, 3.63) is 34.9 Å². The zero-order chi connectivity index (χ0) is 18.7. The van der Waals surface area contributed by atoms with Crippen molar-refractivity contribution in [2.75, 3.05) is 40.3 Å². The van der Waals surface area contributed by atoms with Crippen LogP contribution in [0, 0.1) is 5.92 Å². The maximum atomic E-state index is 13.0. The van der Waals surface area contributed by atoms with Crippen molar-refractivity contribution in [2.24, 2.45) is 5.92 Å². The molecule has 26 heavy (non-hydrogen) atoms. The van der Waals surface area contributed by atoms with Crippen molar-refractivity contribution < 1.29 is 14.3 Å². The molecule has 0 saturated carbocycles. The predicted molar refractivity (Wildman–Crippen MR) is 99.9 cm³/mol. The van der Waals surface area contributed by atoms with Crippen molar-refractivity contribution in [2.45, 2.75) is 25.0 Å². The van der Waals surface area contributed by atoms with Gasteiger partial charge in [0.25, 0.3) is 5.91 Å². The smallest absolute Gasteiger partial charge is 0.253 e. The number of amides is 2. The zero-order valence-electron chi connectivity index (χ0n) is 15.3. The first-order valence-corrected chi connectivity index (χ1v) is 9.42. The van der Waals surface area contributed by atoms with E-state index in [4.69, 9.17) is 16.3 Å². The number of benzene rings is 1. The third kappa shape index (κ3) is 4.37. The first-order valence-electron chi connectivity index (χ1n) is 9.04. The fourth-order valence-corrected chi connectivity index (χ4v) is 3.93. The van der Waals surface area contributed by atoms with E-state index in [0.29, 0.717) is 23.0 Å².